The van der Waals surface area contributed by atoms with Crippen LogP contribution in [0.2, 0.25) is 0 Å². The van der Waals surface area contributed by atoms with Crippen molar-refractivity contribution < 1.29 is 9.53 Å². The normalized spacial score (nSPS) is 17.7. The number of rotatable bonds is 8. The first-order chi connectivity index (χ1) is 10.3. The molecule has 1 unspecified atom stereocenters. The molecule has 0 aromatic heterocycles. The molecule has 0 aliphatic carbocycles. The van der Waals surface area contributed by atoms with Crippen molar-refractivity contribution in [2.45, 2.75) is 45.1 Å². The second kappa shape index (κ2) is 8.67. The number of unbranched alkanes of at least 4 members (excludes halogenated alkanes) is 1. The molecule has 1 aromatic carbocycles. The Hall–Kier alpha value is -1.55. The molecule has 1 aliphatic heterocycles. The second-order valence-corrected chi connectivity index (χ2v) is 5.56. The van der Waals surface area contributed by atoms with Crippen LogP contribution in [0.25, 0.3) is 0 Å². The molecule has 1 heterocycles. The quantitative estimate of drug-likeness (QED) is 0.724. The Balaban J connectivity index is 1.71. The van der Waals surface area contributed by atoms with E-state index in [0.717, 1.165) is 44.7 Å². The molecule has 4 heteroatoms. The van der Waals surface area contributed by atoms with Gasteiger partial charge in [0.2, 0.25) is 0 Å². The van der Waals surface area contributed by atoms with E-state index in [1.54, 1.807) is 0 Å². The van der Waals surface area contributed by atoms with Crippen molar-refractivity contribution in [1.82, 2.24) is 10.6 Å². The van der Waals surface area contributed by atoms with Gasteiger partial charge in [0, 0.05) is 18.2 Å². The number of benzene rings is 1. The fourth-order valence-electron chi connectivity index (χ4n) is 2.50. The minimum Gasteiger partial charge on any atom is -0.494 e. The Morgan fingerprint density at radius 1 is 1.38 bits per heavy atom. The Bertz CT molecular complexity index is 425. The number of carbonyl (C=O) groups is 1. The van der Waals surface area contributed by atoms with Crippen LogP contribution in [0, 0.1) is 0 Å². The first-order valence-electron chi connectivity index (χ1n) is 8.04. The van der Waals surface area contributed by atoms with Crippen molar-refractivity contribution >= 4 is 5.91 Å². The van der Waals surface area contributed by atoms with Crippen LogP contribution >= 0.6 is 0 Å². The van der Waals surface area contributed by atoms with E-state index >= 15 is 0 Å². The van der Waals surface area contributed by atoms with Crippen molar-refractivity contribution in [2.75, 3.05) is 19.7 Å². The molecule has 1 saturated heterocycles. The standard InChI is InChI=1S/C17H26N2O2/c1-2-3-13-21-16-8-6-14(7-9-16)17(20)19-12-10-15-5-4-11-18-15/h6-9,15,18H,2-5,10-13H2,1H3,(H,19,20). The van der Waals surface area contributed by atoms with Gasteiger partial charge in [-0.1, -0.05) is 13.3 Å². The predicted molar refractivity (Wildman–Crippen MR) is 84.8 cm³/mol. The Morgan fingerprint density at radius 2 is 2.19 bits per heavy atom. The third kappa shape index (κ3) is 5.38. The van der Waals surface area contributed by atoms with Crippen LogP contribution in [0.5, 0.6) is 5.75 Å². The van der Waals surface area contributed by atoms with E-state index < -0.39 is 0 Å². The molecule has 0 spiro atoms. The summed E-state index contributed by atoms with van der Waals surface area (Å²) >= 11 is 0. The SMILES string of the molecule is CCCCOc1ccc(C(=O)NCCC2CCCN2)cc1. The van der Waals surface area contributed by atoms with Gasteiger partial charge < -0.3 is 15.4 Å². The highest BCUT2D eigenvalue weighted by atomic mass is 16.5. The van der Waals surface area contributed by atoms with Crippen molar-refractivity contribution in [3.05, 3.63) is 29.8 Å². The van der Waals surface area contributed by atoms with Gasteiger partial charge in [-0.05, 0) is 56.5 Å². The van der Waals surface area contributed by atoms with Gasteiger partial charge in [0.25, 0.3) is 5.91 Å². The van der Waals surface area contributed by atoms with Gasteiger partial charge in [0.05, 0.1) is 6.61 Å². The smallest absolute Gasteiger partial charge is 0.251 e. The molecule has 4 nitrogen and oxygen atoms in total. The van der Waals surface area contributed by atoms with Gasteiger partial charge in [-0.2, -0.15) is 0 Å². The number of hydrogen-bond donors (Lipinski definition) is 2. The van der Waals surface area contributed by atoms with Gasteiger partial charge in [-0.15, -0.1) is 0 Å². The monoisotopic (exact) mass is 290 g/mol. The highest BCUT2D eigenvalue weighted by Crippen LogP contribution is 2.13. The number of nitrogens with one attached hydrogen (secondary N) is 2. The summed E-state index contributed by atoms with van der Waals surface area (Å²) in [5.74, 6) is 0.822. The van der Waals surface area contributed by atoms with Crippen LogP contribution in [0.3, 0.4) is 0 Å². The number of carbonyl (C=O) groups excluding carboxylic acids is 1. The molecule has 116 valence electrons. The summed E-state index contributed by atoms with van der Waals surface area (Å²) in [5, 5.41) is 6.41. The van der Waals surface area contributed by atoms with E-state index in [-0.39, 0.29) is 5.91 Å². The molecule has 21 heavy (non-hydrogen) atoms. The van der Waals surface area contributed by atoms with Gasteiger partial charge in [0.1, 0.15) is 5.75 Å². The maximum absolute atomic E-state index is 12.0. The molecule has 1 amide bonds. The molecule has 2 rings (SSSR count). The van der Waals surface area contributed by atoms with Gasteiger partial charge in [-0.25, -0.2) is 0 Å². The van der Waals surface area contributed by atoms with Crippen LogP contribution < -0.4 is 15.4 Å². The van der Waals surface area contributed by atoms with E-state index in [9.17, 15) is 4.79 Å². The van der Waals surface area contributed by atoms with Crippen molar-refractivity contribution in [1.29, 1.82) is 0 Å². The van der Waals surface area contributed by atoms with Crippen molar-refractivity contribution in [3.8, 4) is 5.75 Å². The summed E-state index contributed by atoms with van der Waals surface area (Å²) in [5.41, 5.74) is 0.692. The lowest BCUT2D eigenvalue weighted by Crippen LogP contribution is -2.30. The molecule has 2 N–H and O–H groups in total. The van der Waals surface area contributed by atoms with E-state index in [0.29, 0.717) is 11.6 Å². The Labute approximate surface area is 127 Å². The zero-order valence-corrected chi connectivity index (χ0v) is 12.9. The van der Waals surface area contributed by atoms with E-state index in [2.05, 4.69) is 17.6 Å². The molecule has 0 bridgehead atoms. The lowest BCUT2D eigenvalue weighted by Gasteiger charge is -2.11. The summed E-state index contributed by atoms with van der Waals surface area (Å²) in [6.07, 6.45) is 5.65. The molecular weight excluding hydrogens is 264 g/mol. The Kier molecular flexibility index (Phi) is 6.54. The number of amides is 1. The molecule has 1 aliphatic rings. The van der Waals surface area contributed by atoms with Crippen LogP contribution in [-0.4, -0.2) is 31.6 Å². The zero-order valence-electron chi connectivity index (χ0n) is 12.9. The van der Waals surface area contributed by atoms with E-state index in [1.165, 1.54) is 12.8 Å². The van der Waals surface area contributed by atoms with E-state index in [1.807, 2.05) is 24.3 Å². The summed E-state index contributed by atoms with van der Waals surface area (Å²) in [7, 11) is 0. The third-order valence-corrected chi connectivity index (χ3v) is 3.82. The average molecular weight is 290 g/mol. The second-order valence-electron chi connectivity index (χ2n) is 5.56. The molecule has 1 atom stereocenters. The molecule has 0 saturated carbocycles. The topological polar surface area (TPSA) is 50.4 Å². The summed E-state index contributed by atoms with van der Waals surface area (Å²) in [6.45, 7) is 4.71. The molecule has 1 fully saturated rings. The van der Waals surface area contributed by atoms with Crippen molar-refractivity contribution in [3.63, 3.8) is 0 Å². The third-order valence-electron chi connectivity index (χ3n) is 3.82. The zero-order chi connectivity index (χ0) is 14.9. The van der Waals surface area contributed by atoms with Crippen LogP contribution in [-0.2, 0) is 0 Å². The minimum atomic E-state index is -0.00638. The average Bonchev–Trinajstić information content (AvgIpc) is 3.01. The first kappa shape index (κ1) is 15.8. The maximum atomic E-state index is 12.0. The van der Waals surface area contributed by atoms with Crippen LogP contribution in [0.4, 0.5) is 0 Å². The number of hydrogen-bond acceptors (Lipinski definition) is 3. The maximum Gasteiger partial charge on any atom is 0.251 e. The largest absolute Gasteiger partial charge is 0.494 e. The number of ether oxygens (including phenoxy) is 1. The predicted octanol–water partition coefficient (Wildman–Crippen LogP) is 2.74. The lowest BCUT2D eigenvalue weighted by molar-refractivity contribution is 0.0952. The van der Waals surface area contributed by atoms with Gasteiger partial charge in [0.15, 0.2) is 0 Å². The van der Waals surface area contributed by atoms with Gasteiger partial charge in [-0.3, -0.25) is 4.79 Å². The van der Waals surface area contributed by atoms with Gasteiger partial charge >= 0.3 is 0 Å². The first-order valence-corrected chi connectivity index (χ1v) is 8.04. The minimum absolute atomic E-state index is 0.00638. The fourth-order valence-corrected chi connectivity index (χ4v) is 2.50. The Morgan fingerprint density at radius 3 is 2.86 bits per heavy atom. The van der Waals surface area contributed by atoms with E-state index in [4.69, 9.17) is 4.74 Å². The van der Waals surface area contributed by atoms with Crippen LogP contribution in [0.15, 0.2) is 24.3 Å². The molecule has 1 aromatic rings. The lowest BCUT2D eigenvalue weighted by atomic mass is 10.1. The molecule has 0 radical (unpaired) electrons. The summed E-state index contributed by atoms with van der Waals surface area (Å²) in [6, 6.07) is 7.95. The highest BCUT2D eigenvalue weighted by molar-refractivity contribution is 5.94. The van der Waals surface area contributed by atoms with Crippen LogP contribution in [0.1, 0.15) is 49.4 Å². The summed E-state index contributed by atoms with van der Waals surface area (Å²) < 4.78 is 5.59. The highest BCUT2D eigenvalue weighted by Gasteiger charge is 2.13. The molecular formula is C17H26N2O2. The van der Waals surface area contributed by atoms with Crippen molar-refractivity contribution in [2.24, 2.45) is 0 Å². The fraction of sp³-hybridized carbons (Fsp3) is 0.588. The summed E-state index contributed by atoms with van der Waals surface area (Å²) in [4.78, 5) is 12.0.